The van der Waals surface area contributed by atoms with E-state index in [2.05, 4.69) is 17.1 Å². The third-order valence-electron chi connectivity index (χ3n) is 2.86. The highest BCUT2D eigenvalue weighted by Crippen LogP contribution is 2.16. The van der Waals surface area contributed by atoms with Crippen LogP contribution in [0, 0.1) is 4.91 Å². The number of amides is 2. The summed E-state index contributed by atoms with van der Waals surface area (Å²) in [4.78, 5) is 35.7. The second kappa shape index (κ2) is 8.81. The molecular formula is C17H23N3O4. The van der Waals surface area contributed by atoms with Crippen LogP contribution in [0.2, 0.25) is 0 Å². The number of benzene rings is 1. The zero-order valence-electron chi connectivity index (χ0n) is 14.2. The molecule has 0 aliphatic carbocycles. The smallest absolute Gasteiger partial charge is 0.325 e. The van der Waals surface area contributed by atoms with Crippen LogP contribution in [0.15, 0.2) is 42.1 Å². The molecule has 0 aliphatic heterocycles. The number of nitrogens with zero attached hydrogens (tertiary/aromatic N) is 2. The Morgan fingerprint density at radius 3 is 2.42 bits per heavy atom. The topological polar surface area (TPSA) is 88.1 Å². The van der Waals surface area contributed by atoms with Crippen LogP contribution in [-0.2, 0) is 16.1 Å². The number of carbonyl (C=O) groups is 2. The van der Waals surface area contributed by atoms with Gasteiger partial charge in [-0.05, 0) is 38.5 Å². The van der Waals surface area contributed by atoms with Crippen molar-refractivity contribution in [2.24, 2.45) is 5.18 Å². The van der Waals surface area contributed by atoms with Gasteiger partial charge in [0.15, 0.2) is 0 Å². The summed E-state index contributed by atoms with van der Waals surface area (Å²) in [6, 6.07) is 6.40. The van der Waals surface area contributed by atoms with E-state index in [0.717, 1.165) is 5.56 Å². The van der Waals surface area contributed by atoms with Crippen LogP contribution in [0.4, 0.5) is 10.5 Å². The van der Waals surface area contributed by atoms with Crippen molar-refractivity contribution in [1.29, 1.82) is 0 Å². The molecule has 0 radical (unpaired) electrons. The molecular weight excluding hydrogens is 310 g/mol. The van der Waals surface area contributed by atoms with E-state index >= 15 is 0 Å². The van der Waals surface area contributed by atoms with E-state index in [1.165, 1.54) is 4.90 Å². The first-order valence-electron chi connectivity index (χ1n) is 7.53. The van der Waals surface area contributed by atoms with Crippen molar-refractivity contribution in [2.45, 2.75) is 32.9 Å². The van der Waals surface area contributed by atoms with Gasteiger partial charge in [0, 0.05) is 12.2 Å². The highest BCUT2D eigenvalue weighted by atomic mass is 16.6. The predicted molar refractivity (Wildman–Crippen MR) is 92.7 cm³/mol. The average Bonchev–Trinajstić information content (AvgIpc) is 2.50. The van der Waals surface area contributed by atoms with Gasteiger partial charge in [-0.3, -0.25) is 9.69 Å². The summed E-state index contributed by atoms with van der Waals surface area (Å²) in [6.45, 7) is 9.02. The molecule has 24 heavy (non-hydrogen) atoms. The minimum Gasteiger partial charge on any atom is -0.459 e. The lowest BCUT2D eigenvalue weighted by molar-refractivity contribution is -0.153. The minimum atomic E-state index is -0.606. The molecule has 7 nitrogen and oxygen atoms in total. The molecule has 2 amide bonds. The van der Waals surface area contributed by atoms with Gasteiger partial charge >= 0.3 is 12.0 Å². The second-order valence-corrected chi connectivity index (χ2v) is 6.10. The quantitative estimate of drug-likeness (QED) is 0.472. The zero-order valence-corrected chi connectivity index (χ0v) is 14.2. The second-order valence-electron chi connectivity index (χ2n) is 6.10. The fourth-order valence-corrected chi connectivity index (χ4v) is 1.91. The molecule has 0 saturated carbocycles. The zero-order chi connectivity index (χ0) is 18.2. The summed E-state index contributed by atoms with van der Waals surface area (Å²) in [5, 5.41) is 5.34. The Kier molecular flexibility index (Phi) is 7.10. The average molecular weight is 333 g/mol. The molecule has 0 saturated heterocycles. The first-order chi connectivity index (χ1) is 11.3. The van der Waals surface area contributed by atoms with Crippen LogP contribution in [0.5, 0.6) is 0 Å². The summed E-state index contributed by atoms with van der Waals surface area (Å²) in [7, 11) is 0. The van der Waals surface area contributed by atoms with Gasteiger partial charge in [0.25, 0.3) is 0 Å². The summed E-state index contributed by atoms with van der Waals surface area (Å²) in [6.07, 6.45) is 1.58. The Balaban J connectivity index is 2.72. The van der Waals surface area contributed by atoms with Crippen molar-refractivity contribution in [3.63, 3.8) is 0 Å². The van der Waals surface area contributed by atoms with Gasteiger partial charge in [-0.2, -0.15) is 4.91 Å². The van der Waals surface area contributed by atoms with Crippen LogP contribution >= 0.6 is 0 Å². The number of carbonyl (C=O) groups excluding carboxylic acids is 2. The van der Waals surface area contributed by atoms with Crippen molar-refractivity contribution >= 4 is 17.7 Å². The Labute approximate surface area is 141 Å². The molecule has 0 bridgehead atoms. The van der Waals surface area contributed by atoms with Gasteiger partial charge in [0.2, 0.25) is 0 Å². The molecule has 1 aromatic carbocycles. The van der Waals surface area contributed by atoms with E-state index in [9.17, 15) is 14.5 Å². The van der Waals surface area contributed by atoms with E-state index in [0.29, 0.717) is 5.69 Å². The summed E-state index contributed by atoms with van der Waals surface area (Å²) in [5.74, 6) is -0.512. The van der Waals surface area contributed by atoms with Gasteiger partial charge in [-0.25, -0.2) is 4.79 Å². The number of anilines is 1. The van der Waals surface area contributed by atoms with Crippen molar-refractivity contribution < 1.29 is 14.3 Å². The number of esters is 1. The van der Waals surface area contributed by atoms with E-state index in [1.807, 2.05) is 0 Å². The largest absolute Gasteiger partial charge is 0.459 e. The third-order valence-corrected chi connectivity index (χ3v) is 2.86. The number of nitroso groups, excluding NO2 is 1. The van der Waals surface area contributed by atoms with Crippen LogP contribution in [0.3, 0.4) is 0 Å². The van der Waals surface area contributed by atoms with E-state index in [-0.39, 0.29) is 19.6 Å². The minimum absolute atomic E-state index is 0.0760. The fraction of sp³-hybridized carbons (Fsp3) is 0.412. The predicted octanol–water partition coefficient (Wildman–Crippen LogP) is 3.00. The maximum absolute atomic E-state index is 12.3. The van der Waals surface area contributed by atoms with Gasteiger partial charge in [0.05, 0.1) is 0 Å². The normalized spacial score (nSPS) is 10.6. The number of nitrogens with one attached hydrogen (secondary N) is 1. The first-order valence-corrected chi connectivity index (χ1v) is 7.53. The molecule has 0 fully saturated rings. The lowest BCUT2D eigenvalue weighted by Crippen LogP contribution is -2.43. The van der Waals surface area contributed by atoms with Gasteiger partial charge in [-0.15, -0.1) is 6.58 Å². The Hall–Kier alpha value is -2.70. The van der Waals surface area contributed by atoms with Crippen LogP contribution in [-0.4, -0.2) is 30.7 Å². The van der Waals surface area contributed by atoms with E-state index in [4.69, 9.17) is 4.74 Å². The molecule has 1 N–H and O–H groups in total. The van der Waals surface area contributed by atoms with Gasteiger partial charge in [0.1, 0.15) is 18.7 Å². The molecule has 130 valence electrons. The first kappa shape index (κ1) is 19.3. The molecule has 0 heterocycles. The summed E-state index contributed by atoms with van der Waals surface area (Å²) in [5.41, 5.74) is 0.762. The van der Waals surface area contributed by atoms with Crippen molar-refractivity contribution in [1.82, 2.24) is 5.32 Å². The fourth-order valence-electron chi connectivity index (χ4n) is 1.91. The Morgan fingerprint density at radius 2 is 1.92 bits per heavy atom. The molecule has 1 aromatic rings. The highest BCUT2D eigenvalue weighted by Gasteiger charge is 2.19. The molecule has 0 aliphatic rings. The standard InChI is InChI=1S/C17H23N3O4/c1-5-10-20(14-8-6-13(7-9-14)11-19-23)16(22)18-12-15(21)24-17(2,3)4/h5-9H,1,10-12H2,2-4H3,(H,18,22). The van der Waals surface area contributed by atoms with Gasteiger partial charge in [-0.1, -0.05) is 23.4 Å². The van der Waals surface area contributed by atoms with Crippen molar-refractivity contribution in [3.05, 3.63) is 47.4 Å². The maximum Gasteiger partial charge on any atom is 0.325 e. The van der Waals surface area contributed by atoms with Gasteiger partial charge < -0.3 is 10.1 Å². The molecule has 0 aromatic heterocycles. The van der Waals surface area contributed by atoms with Crippen molar-refractivity contribution in [2.75, 3.05) is 18.0 Å². The highest BCUT2D eigenvalue weighted by molar-refractivity contribution is 5.94. The molecule has 1 rings (SSSR count). The van der Waals surface area contributed by atoms with E-state index in [1.54, 1.807) is 51.1 Å². The van der Waals surface area contributed by atoms with Crippen molar-refractivity contribution in [3.8, 4) is 0 Å². The monoisotopic (exact) mass is 333 g/mol. The van der Waals surface area contributed by atoms with E-state index < -0.39 is 17.6 Å². The number of hydrogen-bond donors (Lipinski definition) is 1. The number of urea groups is 1. The lowest BCUT2D eigenvalue weighted by atomic mass is 10.2. The van der Waals surface area contributed by atoms with Crippen LogP contribution in [0.25, 0.3) is 0 Å². The van der Waals surface area contributed by atoms with Crippen LogP contribution in [0.1, 0.15) is 26.3 Å². The number of ether oxygens (including phenoxy) is 1. The molecule has 0 atom stereocenters. The SMILES string of the molecule is C=CCN(C(=O)NCC(=O)OC(C)(C)C)c1ccc(CN=O)cc1. The molecule has 0 spiro atoms. The number of hydrogen-bond acceptors (Lipinski definition) is 5. The number of rotatable bonds is 7. The Bertz CT molecular complexity index is 591. The summed E-state index contributed by atoms with van der Waals surface area (Å²) < 4.78 is 5.14. The lowest BCUT2D eigenvalue weighted by Gasteiger charge is -2.23. The van der Waals surface area contributed by atoms with Crippen LogP contribution < -0.4 is 10.2 Å². The molecule has 7 heteroatoms. The maximum atomic E-state index is 12.3. The molecule has 0 unspecified atom stereocenters. The Morgan fingerprint density at radius 1 is 1.29 bits per heavy atom. The summed E-state index contributed by atoms with van der Waals surface area (Å²) >= 11 is 0. The third kappa shape index (κ3) is 6.60.